The second-order valence-corrected chi connectivity index (χ2v) is 10.6. The maximum absolute atomic E-state index is 12.5. The van der Waals surface area contributed by atoms with Crippen LogP contribution in [-0.2, 0) is 16.6 Å². The van der Waals surface area contributed by atoms with Gasteiger partial charge in [-0.2, -0.15) is 0 Å². The van der Waals surface area contributed by atoms with Crippen molar-refractivity contribution in [3.8, 4) is 17.2 Å². The maximum Gasteiger partial charge on any atom is 0.240 e. The Balaban J connectivity index is 1.47. The summed E-state index contributed by atoms with van der Waals surface area (Å²) in [6.07, 6.45) is 0.124. The van der Waals surface area contributed by atoms with Crippen molar-refractivity contribution < 1.29 is 23.0 Å². The van der Waals surface area contributed by atoms with E-state index in [1.54, 1.807) is 23.9 Å². The monoisotopic (exact) mass is 487 g/mol. The van der Waals surface area contributed by atoms with Gasteiger partial charge in [0.05, 0.1) is 17.6 Å². The molecule has 0 aliphatic rings. The zero-order valence-electron chi connectivity index (χ0n) is 18.9. The van der Waals surface area contributed by atoms with Crippen LogP contribution in [0.3, 0.4) is 0 Å². The number of aryl methyl sites for hydroxylation is 1. The topological polar surface area (TPSA) is 84.9 Å². The molecule has 0 saturated heterocycles. The Bertz CT molecular complexity index is 1140. The van der Waals surface area contributed by atoms with Gasteiger partial charge in [-0.05, 0) is 92.6 Å². The Morgan fingerprint density at radius 2 is 1.55 bits per heavy atom. The molecule has 0 atom stereocenters. The first-order valence-electron chi connectivity index (χ1n) is 10.6. The quantitative estimate of drug-likeness (QED) is 0.288. The van der Waals surface area contributed by atoms with E-state index in [1.165, 1.54) is 6.07 Å². The molecule has 0 aromatic heterocycles. The molecule has 33 heavy (non-hydrogen) atoms. The van der Waals surface area contributed by atoms with Crippen LogP contribution in [0.15, 0.2) is 76.5 Å². The Labute approximate surface area is 200 Å². The highest BCUT2D eigenvalue weighted by atomic mass is 32.2. The number of ether oxygens (including phenoxy) is 2. The van der Waals surface area contributed by atoms with Crippen molar-refractivity contribution in [3.05, 3.63) is 77.9 Å². The Morgan fingerprint density at radius 3 is 2.15 bits per heavy atom. The number of sulfonamides is 1. The van der Waals surface area contributed by atoms with Crippen LogP contribution in [0.1, 0.15) is 25.0 Å². The lowest BCUT2D eigenvalue weighted by Gasteiger charge is -2.11. The zero-order valence-corrected chi connectivity index (χ0v) is 20.6. The molecule has 3 aromatic carbocycles. The van der Waals surface area contributed by atoms with Crippen molar-refractivity contribution >= 4 is 21.8 Å². The molecule has 0 heterocycles. The fourth-order valence-corrected chi connectivity index (χ4v) is 4.99. The van der Waals surface area contributed by atoms with Crippen molar-refractivity contribution in [2.75, 3.05) is 12.3 Å². The number of thioether (sulfide) groups is 1. The second kappa shape index (κ2) is 11.6. The molecular formula is C25H29NO5S2. The number of hydrogen-bond donors (Lipinski definition) is 2. The standard InChI is InChI=1S/C25H29NO5S2/c1-18(2)30-21-5-7-22(8-6-21)31-23-9-11-24(12-10-23)32-15-14-26-33(28,29)25-13-4-19(3)20(16-25)17-27/h4-13,16,18,26-27H,14-15,17H2,1-3H3. The largest absolute Gasteiger partial charge is 0.491 e. The van der Waals surface area contributed by atoms with Crippen LogP contribution in [0.4, 0.5) is 0 Å². The minimum Gasteiger partial charge on any atom is -0.491 e. The molecule has 8 heteroatoms. The summed E-state index contributed by atoms with van der Waals surface area (Å²) in [6.45, 7) is 5.90. The molecule has 3 rings (SSSR count). The smallest absolute Gasteiger partial charge is 0.240 e. The molecule has 0 aliphatic heterocycles. The Morgan fingerprint density at radius 1 is 0.939 bits per heavy atom. The molecule has 2 N–H and O–H groups in total. The van der Waals surface area contributed by atoms with Gasteiger partial charge in [0.1, 0.15) is 17.2 Å². The molecule has 3 aromatic rings. The van der Waals surface area contributed by atoms with Crippen molar-refractivity contribution in [1.29, 1.82) is 0 Å². The van der Waals surface area contributed by atoms with Gasteiger partial charge in [0.15, 0.2) is 0 Å². The summed E-state index contributed by atoms with van der Waals surface area (Å²) in [4.78, 5) is 1.17. The first-order chi connectivity index (χ1) is 15.8. The fraction of sp³-hybridized carbons (Fsp3) is 0.280. The lowest BCUT2D eigenvalue weighted by molar-refractivity contribution is 0.242. The van der Waals surface area contributed by atoms with Crippen molar-refractivity contribution in [2.24, 2.45) is 0 Å². The third-order valence-corrected chi connectivity index (χ3v) is 7.19. The van der Waals surface area contributed by atoms with Crippen molar-refractivity contribution in [1.82, 2.24) is 4.72 Å². The van der Waals surface area contributed by atoms with Gasteiger partial charge >= 0.3 is 0 Å². The van der Waals surface area contributed by atoms with E-state index >= 15 is 0 Å². The van der Waals surface area contributed by atoms with Gasteiger partial charge in [-0.1, -0.05) is 6.07 Å². The van der Waals surface area contributed by atoms with Gasteiger partial charge in [-0.3, -0.25) is 0 Å². The summed E-state index contributed by atoms with van der Waals surface area (Å²) in [5, 5.41) is 9.36. The summed E-state index contributed by atoms with van der Waals surface area (Å²) < 4.78 is 39.1. The van der Waals surface area contributed by atoms with E-state index in [0.717, 1.165) is 27.7 Å². The third kappa shape index (κ3) is 7.50. The van der Waals surface area contributed by atoms with Crippen LogP contribution in [-0.4, -0.2) is 31.9 Å². The molecule has 0 radical (unpaired) electrons. The van der Waals surface area contributed by atoms with E-state index in [-0.39, 0.29) is 17.6 Å². The highest BCUT2D eigenvalue weighted by Gasteiger charge is 2.14. The van der Waals surface area contributed by atoms with Crippen LogP contribution in [0.2, 0.25) is 0 Å². The first-order valence-corrected chi connectivity index (χ1v) is 13.1. The Kier molecular flexibility index (Phi) is 8.80. The number of hydrogen-bond acceptors (Lipinski definition) is 6. The molecule has 0 unspecified atom stereocenters. The van der Waals surface area contributed by atoms with Crippen LogP contribution in [0.5, 0.6) is 17.2 Å². The van der Waals surface area contributed by atoms with Crippen molar-refractivity contribution in [3.63, 3.8) is 0 Å². The van der Waals surface area contributed by atoms with Crippen LogP contribution in [0.25, 0.3) is 0 Å². The number of rotatable bonds is 11. The van der Waals surface area contributed by atoms with Gasteiger partial charge in [0.25, 0.3) is 0 Å². The van der Waals surface area contributed by atoms with E-state index in [1.807, 2.05) is 69.3 Å². The summed E-state index contributed by atoms with van der Waals surface area (Å²) in [5.74, 6) is 2.82. The molecule has 0 bridgehead atoms. The van der Waals surface area contributed by atoms with Crippen LogP contribution < -0.4 is 14.2 Å². The molecule has 6 nitrogen and oxygen atoms in total. The minimum atomic E-state index is -3.62. The third-order valence-electron chi connectivity index (χ3n) is 4.72. The Hall–Kier alpha value is -2.52. The number of benzene rings is 3. The van der Waals surface area contributed by atoms with E-state index in [0.29, 0.717) is 17.9 Å². The van der Waals surface area contributed by atoms with Gasteiger partial charge in [0.2, 0.25) is 10.0 Å². The number of aliphatic hydroxyl groups is 1. The molecular weight excluding hydrogens is 458 g/mol. The minimum absolute atomic E-state index is 0.124. The van der Waals surface area contributed by atoms with Gasteiger partial charge in [-0.15, -0.1) is 11.8 Å². The van der Waals surface area contributed by atoms with E-state index in [2.05, 4.69) is 4.72 Å². The molecule has 0 saturated carbocycles. The lowest BCUT2D eigenvalue weighted by Crippen LogP contribution is -2.26. The zero-order chi connectivity index (χ0) is 23.8. The predicted molar refractivity (Wildman–Crippen MR) is 132 cm³/mol. The maximum atomic E-state index is 12.5. The van der Waals surface area contributed by atoms with Gasteiger partial charge in [-0.25, -0.2) is 13.1 Å². The first kappa shape index (κ1) is 25.1. The highest BCUT2D eigenvalue weighted by molar-refractivity contribution is 7.99. The molecule has 0 fully saturated rings. The van der Waals surface area contributed by atoms with E-state index < -0.39 is 10.0 Å². The molecule has 176 valence electrons. The molecule has 0 amide bonds. The van der Waals surface area contributed by atoms with Crippen molar-refractivity contribution in [2.45, 2.75) is 43.3 Å². The fourth-order valence-electron chi connectivity index (χ4n) is 3.01. The van der Waals surface area contributed by atoms with E-state index in [4.69, 9.17) is 9.47 Å². The van der Waals surface area contributed by atoms with Crippen LogP contribution in [0, 0.1) is 6.92 Å². The van der Waals surface area contributed by atoms with Gasteiger partial charge in [0, 0.05) is 17.2 Å². The van der Waals surface area contributed by atoms with Gasteiger partial charge < -0.3 is 14.6 Å². The molecule has 0 spiro atoms. The predicted octanol–water partition coefficient (Wildman–Crippen LogP) is 5.14. The SMILES string of the molecule is Cc1ccc(S(=O)(=O)NCCSc2ccc(Oc3ccc(OC(C)C)cc3)cc2)cc1CO. The van der Waals surface area contributed by atoms with E-state index in [9.17, 15) is 13.5 Å². The lowest BCUT2D eigenvalue weighted by atomic mass is 10.1. The normalized spacial score (nSPS) is 11.5. The van der Waals surface area contributed by atoms with Crippen LogP contribution >= 0.6 is 11.8 Å². The number of nitrogens with one attached hydrogen (secondary N) is 1. The highest BCUT2D eigenvalue weighted by Crippen LogP contribution is 2.27. The summed E-state index contributed by atoms with van der Waals surface area (Å²) in [7, 11) is -3.62. The second-order valence-electron chi connectivity index (χ2n) is 7.70. The summed E-state index contributed by atoms with van der Waals surface area (Å²) >= 11 is 1.55. The average Bonchev–Trinajstić information content (AvgIpc) is 2.79. The number of aliphatic hydroxyl groups excluding tert-OH is 1. The average molecular weight is 488 g/mol. The summed E-state index contributed by atoms with van der Waals surface area (Å²) in [6, 6.07) is 19.9. The molecule has 0 aliphatic carbocycles. The summed E-state index contributed by atoms with van der Waals surface area (Å²) in [5.41, 5.74) is 1.46.